The fourth-order valence-corrected chi connectivity index (χ4v) is 2.07. The van der Waals surface area contributed by atoms with E-state index < -0.39 is 10.0 Å². The monoisotopic (exact) mass is 233 g/mol. The highest BCUT2D eigenvalue weighted by atomic mass is 28.3. The highest BCUT2D eigenvalue weighted by molar-refractivity contribution is 6.17. The lowest BCUT2D eigenvalue weighted by Crippen LogP contribution is -2.26. The third-order valence-corrected chi connectivity index (χ3v) is 3.74. The fraction of sp³-hybridized carbons (Fsp3) is 1.00. The summed E-state index contributed by atoms with van der Waals surface area (Å²) >= 11 is 0. The van der Waals surface area contributed by atoms with Crippen molar-refractivity contribution in [1.82, 2.24) is 5.32 Å². The quantitative estimate of drug-likeness (QED) is 0.578. The van der Waals surface area contributed by atoms with Gasteiger partial charge in [-0.05, 0) is 33.7 Å². The minimum Gasteiger partial charge on any atom is -0.399 e. The molecule has 92 valence electrons. The molecular weight excluding hydrogens is 206 g/mol. The molecule has 1 N–H and O–H groups in total. The van der Waals surface area contributed by atoms with Crippen LogP contribution < -0.4 is 5.32 Å². The largest absolute Gasteiger partial charge is 0.399 e. The first-order valence-corrected chi connectivity index (χ1v) is 7.33. The molecule has 0 saturated heterocycles. The molecule has 1 aliphatic carbocycles. The van der Waals surface area contributed by atoms with E-state index in [9.17, 15) is 0 Å². The second-order valence-electron chi connectivity index (χ2n) is 3.73. The Hall–Kier alpha value is 0.0969. The molecule has 0 aliphatic heterocycles. The summed E-state index contributed by atoms with van der Waals surface area (Å²) in [6, 6.07) is 0.837. The molecule has 0 aromatic carbocycles. The Labute approximate surface area is 97.0 Å². The Bertz CT molecular complexity index is 115. The van der Waals surface area contributed by atoms with Gasteiger partial charge in [0, 0.05) is 19.3 Å². The van der Waals surface area contributed by atoms with Crippen LogP contribution in [0.3, 0.4) is 0 Å². The average molecular weight is 233 g/mol. The minimum atomic E-state index is -0.589. The zero-order chi connectivity index (χ0) is 11.4. The van der Waals surface area contributed by atoms with Gasteiger partial charge in [0.15, 0.2) is 0 Å². The van der Waals surface area contributed by atoms with Crippen LogP contribution in [0.2, 0.25) is 0 Å². The van der Waals surface area contributed by atoms with Crippen LogP contribution in [-0.2, 0) is 8.85 Å². The Morgan fingerprint density at radius 1 is 1.07 bits per heavy atom. The van der Waals surface area contributed by atoms with E-state index in [0.29, 0.717) is 0 Å². The van der Waals surface area contributed by atoms with Gasteiger partial charge in [0.2, 0.25) is 0 Å². The van der Waals surface area contributed by atoms with Crippen LogP contribution >= 0.6 is 0 Å². The van der Waals surface area contributed by atoms with E-state index in [1.807, 2.05) is 13.8 Å². The van der Waals surface area contributed by atoms with Crippen LogP contribution in [0.4, 0.5) is 0 Å². The van der Waals surface area contributed by atoms with Crippen LogP contribution in [0, 0.1) is 0 Å². The topological polar surface area (TPSA) is 30.5 Å². The van der Waals surface area contributed by atoms with E-state index in [0.717, 1.165) is 19.3 Å². The lowest BCUT2D eigenvalue weighted by molar-refractivity contribution is 0.240. The highest BCUT2D eigenvalue weighted by Gasteiger charge is 2.09. The van der Waals surface area contributed by atoms with E-state index in [1.165, 1.54) is 32.1 Å². The molecule has 0 atom stereocenters. The standard InChI is InChI=1S/C7H15N.C4H12O2Si/c1-8-7-5-3-2-4-6-7;1-3-5-7-6-4-2/h7-8H,2-6H2,1H3;3-4,7H2,1-2H3. The van der Waals surface area contributed by atoms with Crippen molar-refractivity contribution < 1.29 is 8.85 Å². The summed E-state index contributed by atoms with van der Waals surface area (Å²) in [6.45, 7) is 5.55. The van der Waals surface area contributed by atoms with Crippen LogP contribution in [0.5, 0.6) is 0 Å². The van der Waals surface area contributed by atoms with Crippen molar-refractivity contribution in [3.05, 3.63) is 0 Å². The number of rotatable bonds is 5. The Morgan fingerprint density at radius 2 is 1.60 bits per heavy atom. The van der Waals surface area contributed by atoms with Crippen LogP contribution in [0.1, 0.15) is 46.0 Å². The maximum absolute atomic E-state index is 4.99. The first-order chi connectivity index (χ1) is 7.35. The summed E-state index contributed by atoms with van der Waals surface area (Å²) in [5.41, 5.74) is 0. The molecule has 1 rings (SSSR count). The molecule has 0 aromatic rings. The van der Waals surface area contributed by atoms with E-state index in [1.54, 1.807) is 0 Å². The first kappa shape index (κ1) is 15.1. The summed E-state index contributed by atoms with van der Waals surface area (Å²) in [5, 5.41) is 3.30. The summed E-state index contributed by atoms with van der Waals surface area (Å²) in [6.07, 6.45) is 7.13. The molecule has 0 radical (unpaired) electrons. The third kappa shape index (κ3) is 10.4. The fourth-order valence-electron chi connectivity index (χ4n) is 1.62. The molecule has 0 amide bonds. The van der Waals surface area contributed by atoms with Crippen molar-refractivity contribution >= 4 is 10.0 Å². The van der Waals surface area contributed by atoms with Gasteiger partial charge in [0.1, 0.15) is 0 Å². The maximum Gasteiger partial charge on any atom is 0.304 e. The molecule has 4 heteroatoms. The molecule has 0 bridgehead atoms. The summed E-state index contributed by atoms with van der Waals surface area (Å²) < 4.78 is 9.98. The maximum atomic E-state index is 4.99. The molecule has 0 aromatic heterocycles. The number of hydrogen-bond donors (Lipinski definition) is 1. The smallest absolute Gasteiger partial charge is 0.304 e. The molecule has 1 fully saturated rings. The Kier molecular flexibility index (Phi) is 12.2. The van der Waals surface area contributed by atoms with Crippen LogP contribution in [0.15, 0.2) is 0 Å². The van der Waals surface area contributed by atoms with Gasteiger partial charge in [-0.25, -0.2) is 0 Å². The van der Waals surface area contributed by atoms with E-state index >= 15 is 0 Å². The van der Waals surface area contributed by atoms with Crippen molar-refractivity contribution in [2.24, 2.45) is 0 Å². The molecule has 0 unspecified atom stereocenters. The van der Waals surface area contributed by atoms with E-state index in [2.05, 4.69) is 12.4 Å². The summed E-state index contributed by atoms with van der Waals surface area (Å²) in [7, 11) is 1.48. The molecule has 0 spiro atoms. The van der Waals surface area contributed by atoms with Crippen molar-refractivity contribution in [2.75, 3.05) is 20.3 Å². The summed E-state index contributed by atoms with van der Waals surface area (Å²) in [5.74, 6) is 0. The van der Waals surface area contributed by atoms with Crippen molar-refractivity contribution in [1.29, 1.82) is 0 Å². The van der Waals surface area contributed by atoms with Gasteiger partial charge in [-0.3, -0.25) is 0 Å². The third-order valence-electron chi connectivity index (χ3n) is 2.59. The molecule has 1 saturated carbocycles. The van der Waals surface area contributed by atoms with Crippen molar-refractivity contribution in [2.45, 2.75) is 52.0 Å². The molecule has 0 heterocycles. The van der Waals surface area contributed by atoms with Gasteiger partial charge >= 0.3 is 10.0 Å². The molecule has 3 nitrogen and oxygen atoms in total. The van der Waals surface area contributed by atoms with E-state index in [4.69, 9.17) is 8.85 Å². The minimum absolute atomic E-state index is 0.589. The van der Waals surface area contributed by atoms with Gasteiger partial charge in [-0.1, -0.05) is 19.3 Å². The van der Waals surface area contributed by atoms with Gasteiger partial charge in [0.05, 0.1) is 0 Å². The zero-order valence-electron chi connectivity index (χ0n) is 10.6. The Balaban J connectivity index is 0.000000265. The highest BCUT2D eigenvalue weighted by Crippen LogP contribution is 2.16. The lowest BCUT2D eigenvalue weighted by Gasteiger charge is -2.20. The van der Waals surface area contributed by atoms with Crippen molar-refractivity contribution in [3.8, 4) is 0 Å². The van der Waals surface area contributed by atoms with Gasteiger partial charge in [-0.2, -0.15) is 0 Å². The SMILES string of the molecule is CCO[SiH2]OCC.CNC1CCCCC1. The van der Waals surface area contributed by atoms with Crippen LogP contribution in [0.25, 0.3) is 0 Å². The average Bonchev–Trinajstić information content (AvgIpc) is 2.32. The van der Waals surface area contributed by atoms with Crippen LogP contribution in [-0.4, -0.2) is 36.3 Å². The predicted molar refractivity (Wildman–Crippen MR) is 67.7 cm³/mol. The van der Waals surface area contributed by atoms with Gasteiger partial charge < -0.3 is 14.2 Å². The van der Waals surface area contributed by atoms with Gasteiger partial charge in [-0.15, -0.1) is 0 Å². The van der Waals surface area contributed by atoms with Gasteiger partial charge in [0.25, 0.3) is 0 Å². The van der Waals surface area contributed by atoms with E-state index in [-0.39, 0.29) is 0 Å². The zero-order valence-corrected chi connectivity index (χ0v) is 12.0. The second-order valence-corrected chi connectivity index (χ2v) is 4.78. The molecular formula is C11H27NO2Si. The lowest BCUT2D eigenvalue weighted by atomic mass is 9.96. The molecule has 1 aliphatic rings. The Morgan fingerprint density at radius 3 is 1.93 bits per heavy atom. The number of hydrogen-bond acceptors (Lipinski definition) is 3. The number of nitrogens with one attached hydrogen (secondary N) is 1. The summed E-state index contributed by atoms with van der Waals surface area (Å²) in [4.78, 5) is 0. The molecule has 15 heavy (non-hydrogen) atoms. The predicted octanol–water partition coefficient (Wildman–Crippen LogP) is 1.60. The second kappa shape index (κ2) is 12.2. The normalized spacial score (nSPS) is 17.0. The van der Waals surface area contributed by atoms with Crippen molar-refractivity contribution in [3.63, 3.8) is 0 Å². The first-order valence-electron chi connectivity index (χ1n) is 6.17.